The molecule has 1 N–H and O–H groups in total. The predicted octanol–water partition coefficient (Wildman–Crippen LogP) is 3.97. The smallest absolute Gasteiger partial charge is 0.304 e. The van der Waals surface area contributed by atoms with Crippen LogP contribution in [0.3, 0.4) is 0 Å². The van der Waals surface area contributed by atoms with Crippen LogP contribution in [0, 0.1) is 5.92 Å². The number of allylic oxidation sites excluding steroid dienone is 4. The van der Waals surface area contributed by atoms with E-state index in [1.54, 1.807) is 0 Å². The molecule has 1 aliphatic carbocycles. The highest BCUT2D eigenvalue weighted by atomic mass is 35.5. The van der Waals surface area contributed by atoms with Crippen LogP contribution in [0.15, 0.2) is 59.4 Å². The number of rotatable bonds is 5. The van der Waals surface area contributed by atoms with Gasteiger partial charge in [0.25, 0.3) is 0 Å². The van der Waals surface area contributed by atoms with Crippen molar-refractivity contribution >= 4 is 18.4 Å². The second-order valence-corrected chi connectivity index (χ2v) is 6.89. The largest absolute Gasteiger partial charge is 0.489 e. The zero-order valence-corrected chi connectivity index (χ0v) is 16.1. The Morgan fingerprint density at radius 2 is 2.04 bits per heavy atom. The number of carbonyl (C=O) groups is 1. The van der Waals surface area contributed by atoms with Gasteiger partial charge in [-0.25, -0.2) is 0 Å². The standard InChI is InChI=1S/C21H25NO3.ClH/c1-22(2)11-5-8-18-16(13-21(23)24)9-10-20-19(18)12-15-6-3-4-7-17(15)14-25-20;/h3-4,6-10,16H,5,11-14H2,1-2H3,(H,23,24);1H. The van der Waals surface area contributed by atoms with E-state index in [1.807, 2.05) is 38.4 Å². The van der Waals surface area contributed by atoms with E-state index in [9.17, 15) is 9.90 Å². The fourth-order valence-corrected chi connectivity index (χ4v) is 3.43. The van der Waals surface area contributed by atoms with E-state index >= 15 is 0 Å². The van der Waals surface area contributed by atoms with E-state index in [0.29, 0.717) is 6.61 Å². The van der Waals surface area contributed by atoms with E-state index < -0.39 is 5.97 Å². The van der Waals surface area contributed by atoms with Gasteiger partial charge < -0.3 is 14.7 Å². The number of nitrogens with zero attached hydrogens (tertiary/aromatic N) is 1. The molecule has 1 atom stereocenters. The number of halogens is 1. The first-order valence-corrected chi connectivity index (χ1v) is 8.72. The van der Waals surface area contributed by atoms with Gasteiger partial charge in [0.1, 0.15) is 12.4 Å². The minimum atomic E-state index is -0.771. The Morgan fingerprint density at radius 1 is 1.31 bits per heavy atom. The maximum Gasteiger partial charge on any atom is 0.304 e. The predicted molar refractivity (Wildman–Crippen MR) is 105 cm³/mol. The van der Waals surface area contributed by atoms with Crippen LogP contribution in [0.5, 0.6) is 0 Å². The Bertz CT molecular complexity index is 749. The number of aliphatic carboxylic acids is 1. The first-order valence-electron chi connectivity index (χ1n) is 8.72. The van der Waals surface area contributed by atoms with E-state index in [4.69, 9.17) is 4.74 Å². The van der Waals surface area contributed by atoms with Crippen molar-refractivity contribution in [1.82, 2.24) is 4.90 Å². The lowest BCUT2D eigenvalue weighted by atomic mass is 9.81. The Balaban J connectivity index is 0.00000243. The van der Waals surface area contributed by atoms with Gasteiger partial charge in [-0.2, -0.15) is 0 Å². The highest BCUT2D eigenvalue weighted by Crippen LogP contribution is 2.37. The van der Waals surface area contributed by atoms with E-state index in [-0.39, 0.29) is 24.7 Å². The van der Waals surface area contributed by atoms with Gasteiger partial charge in [-0.15, -0.1) is 12.4 Å². The summed E-state index contributed by atoms with van der Waals surface area (Å²) in [7, 11) is 4.09. The molecule has 0 saturated carbocycles. The first kappa shape index (κ1) is 20.3. The molecule has 26 heavy (non-hydrogen) atoms. The van der Waals surface area contributed by atoms with Crippen molar-refractivity contribution in [3.8, 4) is 0 Å². The molecule has 1 heterocycles. The number of benzene rings is 1. The van der Waals surface area contributed by atoms with Crippen molar-refractivity contribution in [3.05, 3.63) is 70.5 Å². The van der Waals surface area contributed by atoms with Crippen molar-refractivity contribution < 1.29 is 14.6 Å². The summed E-state index contributed by atoms with van der Waals surface area (Å²) in [5.41, 5.74) is 4.71. The van der Waals surface area contributed by atoms with E-state index in [2.05, 4.69) is 23.1 Å². The number of hydrogen-bond donors (Lipinski definition) is 1. The molecule has 1 aromatic carbocycles. The number of hydrogen-bond acceptors (Lipinski definition) is 3. The quantitative estimate of drug-likeness (QED) is 0.845. The molecule has 0 fully saturated rings. The third kappa shape index (κ3) is 4.77. The van der Waals surface area contributed by atoms with Crippen LogP contribution in [0.1, 0.15) is 24.0 Å². The summed E-state index contributed by atoms with van der Waals surface area (Å²) in [5, 5.41) is 9.29. The average molecular weight is 376 g/mol. The molecule has 1 aromatic rings. The summed E-state index contributed by atoms with van der Waals surface area (Å²) in [6.07, 6.45) is 7.93. The summed E-state index contributed by atoms with van der Waals surface area (Å²) >= 11 is 0. The van der Waals surface area contributed by atoms with Gasteiger partial charge in [0, 0.05) is 24.5 Å². The molecule has 0 aromatic heterocycles. The fraction of sp³-hybridized carbons (Fsp3) is 0.381. The van der Waals surface area contributed by atoms with Gasteiger partial charge in [-0.05, 0) is 43.3 Å². The SMILES string of the molecule is CN(C)CCC=C1C2=C(C=CC1CC(=O)O)OCc1ccccc1C2.Cl. The minimum absolute atomic E-state index is 0. The van der Waals surface area contributed by atoms with Crippen LogP contribution in [0.4, 0.5) is 0 Å². The molecule has 3 rings (SSSR count). The molecule has 2 aliphatic rings. The van der Waals surface area contributed by atoms with Crippen LogP contribution in [-0.2, 0) is 22.6 Å². The van der Waals surface area contributed by atoms with Gasteiger partial charge in [0.05, 0.1) is 6.42 Å². The van der Waals surface area contributed by atoms with Crippen LogP contribution in [0.25, 0.3) is 0 Å². The molecule has 0 saturated heterocycles. The summed E-state index contributed by atoms with van der Waals surface area (Å²) in [6, 6.07) is 8.31. The lowest BCUT2D eigenvalue weighted by Gasteiger charge is -2.24. The Labute approximate surface area is 161 Å². The zero-order chi connectivity index (χ0) is 17.8. The normalized spacial score (nSPS) is 20.1. The summed E-state index contributed by atoms with van der Waals surface area (Å²) in [4.78, 5) is 13.4. The van der Waals surface area contributed by atoms with Gasteiger partial charge in [-0.3, -0.25) is 4.79 Å². The molecular weight excluding hydrogens is 350 g/mol. The lowest BCUT2D eigenvalue weighted by molar-refractivity contribution is -0.137. The van der Waals surface area contributed by atoms with E-state index in [0.717, 1.165) is 36.3 Å². The zero-order valence-electron chi connectivity index (χ0n) is 15.3. The molecule has 0 amide bonds. The fourth-order valence-electron chi connectivity index (χ4n) is 3.43. The van der Waals surface area contributed by atoms with Crippen LogP contribution >= 0.6 is 12.4 Å². The minimum Gasteiger partial charge on any atom is -0.489 e. The Hall–Kier alpha value is -2.04. The van der Waals surface area contributed by atoms with Crippen LogP contribution in [-0.4, -0.2) is 36.6 Å². The highest BCUT2D eigenvalue weighted by molar-refractivity contribution is 5.85. The van der Waals surface area contributed by atoms with Crippen LogP contribution in [0.2, 0.25) is 0 Å². The number of fused-ring (bicyclic) bond motifs is 1. The van der Waals surface area contributed by atoms with Crippen molar-refractivity contribution in [3.63, 3.8) is 0 Å². The van der Waals surface area contributed by atoms with Gasteiger partial charge in [0.15, 0.2) is 0 Å². The molecule has 0 radical (unpaired) electrons. The Morgan fingerprint density at radius 3 is 2.73 bits per heavy atom. The summed E-state index contributed by atoms with van der Waals surface area (Å²) < 4.78 is 6.04. The molecule has 4 nitrogen and oxygen atoms in total. The van der Waals surface area contributed by atoms with E-state index in [1.165, 1.54) is 11.1 Å². The monoisotopic (exact) mass is 375 g/mol. The Kier molecular flexibility index (Phi) is 7.06. The third-order valence-electron chi connectivity index (χ3n) is 4.73. The van der Waals surface area contributed by atoms with Crippen LogP contribution < -0.4 is 0 Å². The summed E-state index contributed by atoms with van der Waals surface area (Å²) in [5.74, 6) is 0.0216. The number of carboxylic acid groups (broad SMARTS) is 1. The van der Waals surface area contributed by atoms with Gasteiger partial charge in [0.2, 0.25) is 0 Å². The maximum absolute atomic E-state index is 11.3. The molecule has 0 spiro atoms. The molecule has 1 aliphatic heterocycles. The third-order valence-corrected chi connectivity index (χ3v) is 4.73. The molecular formula is C21H26ClNO3. The highest BCUT2D eigenvalue weighted by Gasteiger charge is 2.27. The maximum atomic E-state index is 11.3. The first-order chi connectivity index (χ1) is 12.0. The van der Waals surface area contributed by atoms with Crippen molar-refractivity contribution in [2.24, 2.45) is 5.92 Å². The second kappa shape index (κ2) is 9.06. The lowest BCUT2D eigenvalue weighted by Crippen LogP contribution is -2.17. The topological polar surface area (TPSA) is 49.8 Å². The van der Waals surface area contributed by atoms with Crippen molar-refractivity contribution in [2.75, 3.05) is 20.6 Å². The second-order valence-electron chi connectivity index (χ2n) is 6.89. The van der Waals surface area contributed by atoms with Gasteiger partial charge >= 0.3 is 5.97 Å². The molecule has 1 unspecified atom stereocenters. The number of ether oxygens (including phenoxy) is 1. The average Bonchev–Trinajstić information content (AvgIpc) is 2.75. The van der Waals surface area contributed by atoms with Crippen molar-refractivity contribution in [2.45, 2.75) is 25.9 Å². The molecule has 5 heteroatoms. The summed E-state index contributed by atoms with van der Waals surface area (Å²) in [6.45, 7) is 1.50. The molecule has 0 bridgehead atoms. The van der Waals surface area contributed by atoms with Gasteiger partial charge in [-0.1, -0.05) is 36.4 Å². The molecule has 140 valence electrons. The van der Waals surface area contributed by atoms with Crippen molar-refractivity contribution in [1.29, 1.82) is 0 Å². The number of carboxylic acids is 1.